The first-order chi connectivity index (χ1) is 15.1. The molecule has 0 heterocycles. The summed E-state index contributed by atoms with van der Waals surface area (Å²) in [6.07, 6.45) is 24.4. The molecule has 3 nitrogen and oxygen atoms in total. The summed E-state index contributed by atoms with van der Waals surface area (Å²) in [5.41, 5.74) is 0. The molecular formula is C26H50O3S2. The van der Waals surface area contributed by atoms with Crippen molar-refractivity contribution in [3.05, 3.63) is 0 Å². The molecule has 0 saturated carbocycles. The van der Waals surface area contributed by atoms with E-state index in [2.05, 4.69) is 13.8 Å². The minimum absolute atomic E-state index is 0.167. The molecular weight excluding hydrogens is 424 g/mol. The average molecular weight is 475 g/mol. The van der Waals surface area contributed by atoms with E-state index >= 15 is 0 Å². The van der Waals surface area contributed by atoms with Gasteiger partial charge in [0.25, 0.3) is 0 Å². The van der Waals surface area contributed by atoms with E-state index in [-0.39, 0.29) is 11.1 Å². The van der Waals surface area contributed by atoms with Crippen LogP contribution in [0.15, 0.2) is 0 Å². The van der Waals surface area contributed by atoms with Gasteiger partial charge in [-0.25, -0.2) is 0 Å². The first kappa shape index (κ1) is 30.8. The number of carbonyl (C=O) groups is 2. The van der Waals surface area contributed by atoms with Gasteiger partial charge in [0.2, 0.25) is 0 Å². The summed E-state index contributed by atoms with van der Waals surface area (Å²) in [6.45, 7) is 4.86. The van der Waals surface area contributed by atoms with E-state index in [0.29, 0.717) is 30.5 Å². The van der Waals surface area contributed by atoms with Crippen LogP contribution >= 0.6 is 23.5 Å². The normalized spacial score (nSPS) is 12.1. The topological polar surface area (TPSA) is 43.4 Å². The highest BCUT2D eigenvalue weighted by Crippen LogP contribution is 2.16. The molecule has 1 unspecified atom stereocenters. The molecule has 1 atom stereocenters. The quantitative estimate of drug-likeness (QED) is 0.110. The maximum absolute atomic E-state index is 11.7. The predicted octanol–water partition coefficient (Wildman–Crippen LogP) is 8.58. The second kappa shape index (κ2) is 24.5. The zero-order valence-electron chi connectivity index (χ0n) is 20.8. The molecule has 184 valence electrons. The molecule has 0 aliphatic carbocycles. The lowest BCUT2D eigenvalue weighted by atomic mass is 10.0. The van der Waals surface area contributed by atoms with Gasteiger partial charge in [0.1, 0.15) is 0 Å². The highest BCUT2D eigenvalue weighted by Gasteiger charge is 2.10. The number of carbonyl (C=O) groups excluding carboxylic acids is 2. The summed E-state index contributed by atoms with van der Waals surface area (Å²) >= 11 is 2.96. The van der Waals surface area contributed by atoms with Gasteiger partial charge in [0.15, 0.2) is 5.12 Å². The molecule has 0 fully saturated rings. The van der Waals surface area contributed by atoms with E-state index in [1.807, 2.05) is 6.26 Å². The first-order valence-electron chi connectivity index (χ1n) is 12.9. The Morgan fingerprint density at radius 1 is 0.742 bits per heavy atom. The van der Waals surface area contributed by atoms with Gasteiger partial charge in [-0.15, -0.1) is 0 Å². The Labute approximate surface area is 202 Å². The smallest absolute Gasteiger partial charge is 0.306 e. The number of rotatable bonds is 23. The Kier molecular flexibility index (Phi) is 24.4. The molecule has 31 heavy (non-hydrogen) atoms. The number of unbranched alkanes of at least 4 members (excludes halogenated alkanes) is 15. The van der Waals surface area contributed by atoms with Crippen LogP contribution in [0.5, 0.6) is 0 Å². The Balaban J connectivity index is 3.23. The Morgan fingerprint density at radius 2 is 1.19 bits per heavy atom. The van der Waals surface area contributed by atoms with Crippen molar-refractivity contribution in [1.82, 2.24) is 0 Å². The summed E-state index contributed by atoms with van der Waals surface area (Å²) in [4.78, 5) is 23.4. The minimum atomic E-state index is -0.167. The fourth-order valence-electron chi connectivity index (χ4n) is 3.53. The summed E-state index contributed by atoms with van der Waals surface area (Å²) in [5, 5.41) is 0.523. The summed E-state index contributed by atoms with van der Waals surface area (Å²) in [5.74, 6) is 0.372. The molecule has 0 amide bonds. The zero-order valence-corrected chi connectivity index (χ0v) is 22.4. The molecule has 0 aromatic heterocycles. The lowest BCUT2D eigenvalue weighted by molar-refractivity contribution is -0.143. The van der Waals surface area contributed by atoms with Crippen LogP contribution in [-0.4, -0.2) is 35.0 Å². The van der Waals surface area contributed by atoms with Crippen molar-refractivity contribution in [3.8, 4) is 0 Å². The molecule has 0 aromatic carbocycles. The Hall–Kier alpha value is -0.160. The molecule has 5 heteroatoms. The van der Waals surface area contributed by atoms with E-state index < -0.39 is 0 Å². The molecule has 0 bridgehead atoms. The van der Waals surface area contributed by atoms with Crippen molar-refractivity contribution in [2.45, 2.75) is 135 Å². The van der Waals surface area contributed by atoms with Crippen LogP contribution < -0.4 is 0 Å². The standard InChI is InChI=1S/C26H50O3S2/c1-4-5-6-7-8-9-10-11-12-13-14-15-16-17-18-19-21-29-25(27)20-22-31-26(28)23-24(2)30-3/h24H,4-23H2,1-3H3. The van der Waals surface area contributed by atoms with Crippen molar-refractivity contribution in [3.63, 3.8) is 0 Å². The fourth-order valence-corrected chi connectivity index (χ4v) is 4.82. The maximum atomic E-state index is 11.7. The monoisotopic (exact) mass is 474 g/mol. The number of ether oxygens (including phenoxy) is 1. The average Bonchev–Trinajstić information content (AvgIpc) is 2.75. The van der Waals surface area contributed by atoms with E-state index in [1.165, 1.54) is 102 Å². The lowest BCUT2D eigenvalue weighted by Gasteiger charge is -2.07. The third-order valence-corrected chi connectivity index (χ3v) is 7.55. The fraction of sp³-hybridized carbons (Fsp3) is 0.923. The molecule has 0 aliphatic rings. The SMILES string of the molecule is CCCCCCCCCCCCCCCCCCOC(=O)CCSC(=O)CC(C)SC. The van der Waals surface area contributed by atoms with Crippen molar-refractivity contribution >= 4 is 34.6 Å². The second-order valence-corrected chi connectivity index (χ2v) is 11.2. The molecule has 0 saturated heterocycles. The predicted molar refractivity (Wildman–Crippen MR) is 140 cm³/mol. The maximum Gasteiger partial charge on any atom is 0.306 e. The van der Waals surface area contributed by atoms with Crippen molar-refractivity contribution < 1.29 is 14.3 Å². The van der Waals surface area contributed by atoms with Gasteiger partial charge in [-0.2, -0.15) is 11.8 Å². The van der Waals surface area contributed by atoms with Gasteiger partial charge in [-0.1, -0.05) is 122 Å². The summed E-state index contributed by atoms with van der Waals surface area (Å²) in [6, 6.07) is 0. The third kappa shape index (κ3) is 24.3. The number of hydrogen-bond donors (Lipinski definition) is 0. The molecule has 0 radical (unpaired) electrons. The van der Waals surface area contributed by atoms with Crippen LogP contribution in [0.25, 0.3) is 0 Å². The molecule has 0 spiro atoms. The molecule has 0 N–H and O–H groups in total. The Morgan fingerprint density at radius 3 is 1.65 bits per heavy atom. The largest absolute Gasteiger partial charge is 0.466 e. The third-order valence-electron chi connectivity index (χ3n) is 5.69. The van der Waals surface area contributed by atoms with E-state index in [0.717, 1.165) is 12.8 Å². The number of thioether (sulfide) groups is 2. The molecule has 0 rings (SSSR count). The zero-order chi connectivity index (χ0) is 23.0. The highest BCUT2D eigenvalue weighted by atomic mass is 32.2. The highest BCUT2D eigenvalue weighted by molar-refractivity contribution is 8.13. The van der Waals surface area contributed by atoms with E-state index in [9.17, 15) is 9.59 Å². The van der Waals surface area contributed by atoms with Crippen molar-refractivity contribution in [2.75, 3.05) is 18.6 Å². The number of esters is 1. The lowest BCUT2D eigenvalue weighted by Crippen LogP contribution is -2.09. The van der Waals surface area contributed by atoms with Crippen molar-refractivity contribution in [2.24, 2.45) is 0 Å². The van der Waals surface area contributed by atoms with Gasteiger partial charge in [-0.05, 0) is 12.7 Å². The van der Waals surface area contributed by atoms with Gasteiger partial charge < -0.3 is 4.74 Å². The summed E-state index contributed by atoms with van der Waals surface area (Å²) in [7, 11) is 0. The first-order valence-corrected chi connectivity index (χ1v) is 15.2. The van der Waals surface area contributed by atoms with Crippen LogP contribution in [0.3, 0.4) is 0 Å². The van der Waals surface area contributed by atoms with Crippen molar-refractivity contribution in [1.29, 1.82) is 0 Å². The number of hydrogen-bond acceptors (Lipinski definition) is 5. The second-order valence-electron chi connectivity index (χ2n) is 8.74. The van der Waals surface area contributed by atoms with E-state index in [4.69, 9.17) is 4.74 Å². The van der Waals surface area contributed by atoms with Crippen LogP contribution in [0.2, 0.25) is 0 Å². The van der Waals surface area contributed by atoms with Crippen LogP contribution in [-0.2, 0) is 14.3 Å². The summed E-state index contributed by atoms with van der Waals surface area (Å²) < 4.78 is 5.28. The van der Waals surface area contributed by atoms with Crippen LogP contribution in [0.1, 0.15) is 129 Å². The van der Waals surface area contributed by atoms with Gasteiger partial charge in [0.05, 0.1) is 13.0 Å². The molecule has 0 aromatic rings. The van der Waals surface area contributed by atoms with Gasteiger partial charge in [0, 0.05) is 17.4 Å². The van der Waals surface area contributed by atoms with Gasteiger partial charge in [-0.3, -0.25) is 9.59 Å². The van der Waals surface area contributed by atoms with Gasteiger partial charge >= 0.3 is 5.97 Å². The Bertz CT molecular complexity index is 415. The van der Waals surface area contributed by atoms with Crippen LogP contribution in [0.4, 0.5) is 0 Å². The molecule has 0 aliphatic heterocycles. The van der Waals surface area contributed by atoms with E-state index in [1.54, 1.807) is 11.8 Å². The minimum Gasteiger partial charge on any atom is -0.466 e. The van der Waals surface area contributed by atoms with Crippen LogP contribution in [0, 0.1) is 0 Å².